The number of aromatic nitrogens is 3. The number of pyridine rings is 1. The summed E-state index contributed by atoms with van der Waals surface area (Å²) in [5, 5.41) is 10.8. The molecule has 1 amide bonds. The highest BCUT2D eigenvalue weighted by Crippen LogP contribution is 2.17. The van der Waals surface area contributed by atoms with Crippen LogP contribution in [0.3, 0.4) is 0 Å². The number of para-hydroxylation sites is 1. The molecule has 0 atom stereocenters. The molecule has 7 nitrogen and oxygen atoms in total. The van der Waals surface area contributed by atoms with Crippen LogP contribution in [-0.2, 0) is 6.54 Å². The lowest BCUT2D eigenvalue weighted by molar-refractivity contribution is 0.0947. The minimum absolute atomic E-state index is 0.178. The van der Waals surface area contributed by atoms with E-state index in [-0.39, 0.29) is 5.91 Å². The van der Waals surface area contributed by atoms with Gasteiger partial charge in [0, 0.05) is 44.3 Å². The Labute approximate surface area is 158 Å². The second-order valence-corrected chi connectivity index (χ2v) is 6.74. The number of hydrogen-bond acceptors (Lipinski definition) is 5. The summed E-state index contributed by atoms with van der Waals surface area (Å²) < 4.78 is 0. The number of fused-ring (bicyclic) bond motifs is 1. The number of likely N-dealkylation sites (N-methyl/N-ethyl adjacent to an activating group) is 1. The minimum atomic E-state index is -0.178. The summed E-state index contributed by atoms with van der Waals surface area (Å²) in [6.45, 7) is 7.82. The number of carbonyl (C=O) groups is 1. The number of H-pyrrole nitrogens is 1. The second-order valence-electron chi connectivity index (χ2n) is 6.74. The van der Waals surface area contributed by atoms with Crippen molar-refractivity contribution in [2.24, 2.45) is 0 Å². The molecule has 3 heterocycles. The Hall–Kier alpha value is -2.93. The molecule has 1 aromatic carbocycles. The van der Waals surface area contributed by atoms with Crippen LogP contribution in [0.5, 0.6) is 0 Å². The fraction of sp³-hybridized carbons (Fsp3) is 0.350. The van der Waals surface area contributed by atoms with Crippen LogP contribution in [0.25, 0.3) is 10.9 Å². The maximum absolute atomic E-state index is 12.5. The predicted molar refractivity (Wildman–Crippen MR) is 106 cm³/mol. The summed E-state index contributed by atoms with van der Waals surface area (Å²) in [7, 11) is 0. The summed E-state index contributed by atoms with van der Waals surface area (Å²) in [6, 6.07) is 11.6. The van der Waals surface area contributed by atoms with Crippen LogP contribution >= 0.6 is 0 Å². The van der Waals surface area contributed by atoms with Crippen LogP contribution in [0.4, 0.5) is 5.82 Å². The fourth-order valence-corrected chi connectivity index (χ4v) is 3.44. The first-order valence-corrected chi connectivity index (χ1v) is 9.38. The molecular formula is C20H24N6O. The highest BCUT2D eigenvalue weighted by molar-refractivity contribution is 6.04. The van der Waals surface area contributed by atoms with Gasteiger partial charge in [-0.15, -0.1) is 0 Å². The van der Waals surface area contributed by atoms with Gasteiger partial charge < -0.3 is 15.1 Å². The summed E-state index contributed by atoms with van der Waals surface area (Å²) >= 11 is 0. The van der Waals surface area contributed by atoms with Gasteiger partial charge in [0.05, 0.1) is 5.52 Å². The van der Waals surface area contributed by atoms with Crippen LogP contribution in [0, 0.1) is 0 Å². The van der Waals surface area contributed by atoms with Crippen LogP contribution in [-0.4, -0.2) is 58.7 Å². The number of rotatable bonds is 5. The Morgan fingerprint density at radius 3 is 2.81 bits per heavy atom. The van der Waals surface area contributed by atoms with Crippen molar-refractivity contribution < 1.29 is 4.79 Å². The van der Waals surface area contributed by atoms with Crippen molar-refractivity contribution in [3.63, 3.8) is 0 Å². The first-order chi connectivity index (χ1) is 13.2. The van der Waals surface area contributed by atoms with E-state index in [1.54, 1.807) is 0 Å². The first kappa shape index (κ1) is 17.5. The van der Waals surface area contributed by atoms with E-state index < -0.39 is 0 Å². The topological polar surface area (TPSA) is 77.1 Å². The fourth-order valence-electron chi connectivity index (χ4n) is 3.44. The van der Waals surface area contributed by atoms with Crippen molar-refractivity contribution in [2.45, 2.75) is 13.5 Å². The first-order valence-electron chi connectivity index (χ1n) is 9.38. The summed E-state index contributed by atoms with van der Waals surface area (Å²) in [4.78, 5) is 21.8. The van der Waals surface area contributed by atoms with Gasteiger partial charge in [-0.05, 0) is 30.3 Å². The third-order valence-electron chi connectivity index (χ3n) is 5.09. The van der Waals surface area contributed by atoms with Gasteiger partial charge in [-0.2, -0.15) is 5.10 Å². The Balaban J connectivity index is 1.41. The number of amides is 1. The molecule has 0 unspecified atom stereocenters. The summed E-state index contributed by atoms with van der Waals surface area (Å²) in [6.07, 6.45) is 1.81. The molecule has 1 fully saturated rings. The molecule has 0 saturated carbocycles. The molecule has 1 aliphatic rings. The number of carbonyl (C=O) groups excluding carboxylic acids is 1. The molecule has 27 heavy (non-hydrogen) atoms. The largest absolute Gasteiger partial charge is 0.354 e. The zero-order valence-corrected chi connectivity index (χ0v) is 15.5. The molecule has 7 heteroatoms. The third kappa shape index (κ3) is 3.78. The quantitative estimate of drug-likeness (QED) is 0.724. The van der Waals surface area contributed by atoms with Gasteiger partial charge in [0.2, 0.25) is 0 Å². The van der Waals surface area contributed by atoms with Crippen LogP contribution in [0.1, 0.15) is 23.0 Å². The van der Waals surface area contributed by atoms with Crippen LogP contribution in [0.2, 0.25) is 0 Å². The van der Waals surface area contributed by atoms with Crippen molar-refractivity contribution >= 4 is 22.6 Å². The minimum Gasteiger partial charge on any atom is -0.354 e. The van der Waals surface area contributed by atoms with E-state index in [1.807, 2.05) is 36.5 Å². The number of anilines is 1. The van der Waals surface area contributed by atoms with Crippen molar-refractivity contribution in [3.05, 3.63) is 53.9 Å². The van der Waals surface area contributed by atoms with Gasteiger partial charge in [0.15, 0.2) is 5.69 Å². The number of piperazine rings is 1. The van der Waals surface area contributed by atoms with Gasteiger partial charge in [0.25, 0.3) is 5.91 Å². The molecule has 1 saturated heterocycles. The molecule has 0 spiro atoms. The normalized spacial score (nSPS) is 15.2. The average Bonchev–Trinajstić information content (AvgIpc) is 3.16. The zero-order valence-electron chi connectivity index (χ0n) is 15.5. The molecule has 0 radical (unpaired) electrons. The smallest absolute Gasteiger partial charge is 0.272 e. The maximum atomic E-state index is 12.5. The number of aromatic amines is 1. The van der Waals surface area contributed by atoms with Gasteiger partial charge in [0.1, 0.15) is 5.82 Å². The van der Waals surface area contributed by atoms with Crippen molar-refractivity contribution in [2.75, 3.05) is 37.6 Å². The average molecular weight is 364 g/mol. The number of hydrogen-bond donors (Lipinski definition) is 2. The molecule has 0 bridgehead atoms. The van der Waals surface area contributed by atoms with E-state index in [4.69, 9.17) is 0 Å². The lowest BCUT2D eigenvalue weighted by Crippen LogP contribution is -2.46. The number of nitrogens with one attached hydrogen (secondary N) is 2. The maximum Gasteiger partial charge on any atom is 0.272 e. The number of benzene rings is 1. The van der Waals surface area contributed by atoms with Gasteiger partial charge in [-0.1, -0.05) is 25.1 Å². The predicted octanol–water partition coefficient (Wildman–Crippen LogP) is 2.03. The highest BCUT2D eigenvalue weighted by atomic mass is 16.1. The second kappa shape index (κ2) is 7.75. The molecule has 0 aliphatic carbocycles. The van der Waals surface area contributed by atoms with E-state index in [0.717, 1.165) is 55.0 Å². The molecular weight excluding hydrogens is 340 g/mol. The molecule has 2 N–H and O–H groups in total. The lowest BCUT2D eigenvalue weighted by atomic mass is 10.2. The molecule has 2 aromatic heterocycles. The Morgan fingerprint density at radius 2 is 2.00 bits per heavy atom. The Kier molecular flexibility index (Phi) is 5.02. The lowest BCUT2D eigenvalue weighted by Gasteiger charge is -2.34. The van der Waals surface area contributed by atoms with E-state index in [2.05, 4.69) is 43.3 Å². The zero-order chi connectivity index (χ0) is 18.6. The van der Waals surface area contributed by atoms with Crippen molar-refractivity contribution in [1.29, 1.82) is 0 Å². The number of nitrogens with zero attached hydrogens (tertiary/aromatic N) is 4. The van der Waals surface area contributed by atoms with E-state index >= 15 is 0 Å². The van der Waals surface area contributed by atoms with E-state index in [1.165, 1.54) is 0 Å². The summed E-state index contributed by atoms with van der Waals surface area (Å²) in [5.41, 5.74) is 2.32. The highest BCUT2D eigenvalue weighted by Gasteiger charge is 2.17. The van der Waals surface area contributed by atoms with Gasteiger partial charge in [-0.25, -0.2) is 4.98 Å². The standard InChI is InChI=1S/C20H24N6O/c1-2-25-9-11-26(12-10-25)18-13-15(7-8-21-18)14-22-20(27)19-16-5-3-4-6-17(16)23-24-19/h3-8,13H,2,9-12,14H2,1H3,(H,22,27)(H,23,24). The van der Waals surface area contributed by atoms with Crippen LogP contribution < -0.4 is 10.2 Å². The molecule has 1 aliphatic heterocycles. The van der Waals surface area contributed by atoms with E-state index in [0.29, 0.717) is 12.2 Å². The molecule has 4 rings (SSSR count). The third-order valence-corrected chi connectivity index (χ3v) is 5.09. The van der Waals surface area contributed by atoms with Crippen molar-refractivity contribution in [3.8, 4) is 0 Å². The summed E-state index contributed by atoms with van der Waals surface area (Å²) in [5.74, 6) is 0.796. The SMILES string of the molecule is CCN1CCN(c2cc(CNC(=O)c3n[nH]c4ccccc34)ccn2)CC1. The van der Waals surface area contributed by atoms with Gasteiger partial charge in [-0.3, -0.25) is 9.89 Å². The Morgan fingerprint density at radius 1 is 1.19 bits per heavy atom. The molecule has 3 aromatic rings. The van der Waals surface area contributed by atoms with Crippen LogP contribution in [0.15, 0.2) is 42.6 Å². The van der Waals surface area contributed by atoms with Crippen molar-refractivity contribution in [1.82, 2.24) is 25.4 Å². The van der Waals surface area contributed by atoms with Gasteiger partial charge >= 0.3 is 0 Å². The Bertz CT molecular complexity index is 929. The van der Waals surface area contributed by atoms with E-state index in [9.17, 15) is 4.79 Å². The molecule has 140 valence electrons. The monoisotopic (exact) mass is 364 g/mol.